The Morgan fingerprint density at radius 2 is 2.05 bits per heavy atom. The maximum Gasteiger partial charge on any atom is 0.227 e. The van der Waals surface area contributed by atoms with Gasteiger partial charge in [-0.1, -0.05) is 6.42 Å². The second-order valence-electron chi connectivity index (χ2n) is 6.12. The lowest BCUT2D eigenvalue weighted by molar-refractivity contribution is -0.122. The molecule has 3 rings (SSSR count). The Balaban J connectivity index is 1.50. The highest BCUT2D eigenvalue weighted by Crippen LogP contribution is 2.30. The molecule has 5 heteroatoms. The lowest BCUT2D eigenvalue weighted by Gasteiger charge is -2.28. The molecule has 1 N–H and O–H groups in total. The molecule has 21 heavy (non-hydrogen) atoms. The molecular weight excluding hydrogens is 282 g/mol. The van der Waals surface area contributed by atoms with Gasteiger partial charge in [-0.15, -0.1) is 11.8 Å². The van der Waals surface area contributed by atoms with Crippen LogP contribution >= 0.6 is 11.8 Å². The Labute approximate surface area is 130 Å². The zero-order valence-electron chi connectivity index (χ0n) is 12.5. The number of thioether (sulfide) groups is 1. The standard InChI is InChI=1S/C16H23N3OS/c1-19-9-7-14(8-10-19)21-15-6-5-13(11-17-15)18-16(20)12-3-2-4-12/h5-6,11-12,14H,2-4,7-10H2,1H3,(H,18,20). The molecular formula is C16H23N3OS. The van der Waals surface area contributed by atoms with Crippen molar-refractivity contribution in [1.82, 2.24) is 9.88 Å². The Bertz CT molecular complexity index is 479. The molecule has 2 heterocycles. The Morgan fingerprint density at radius 1 is 1.29 bits per heavy atom. The normalized spacial score (nSPS) is 21.0. The van der Waals surface area contributed by atoms with Gasteiger partial charge >= 0.3 is 0 Å². The number of rotatable bonds is 4. The van der Waals surface area contributed by atoms with E-state index in [9.17, 15) is 4.79 Å². The summed E-state index contributed by atoms with van der Waals surface area (Å²) in [6.45, 7) is 2.35. The van der Waals surface area contributed by atoms with Crippen molar-refractivity contribution >= 4 is 23.4 Å². The van der Waals surface area contributed by atoms with Crippen molar-refractivity contribution in [3.05, 3.63) is 18.3 Å². The highest BCUT2D eigenvalue weighted by atomic mass is 32.2. The smallest absolute Gasteiger partial charge is 0.227 e. The van der Waals surface area contributed by atoms with Crippen molar-refractivity contribution in [1.29, 1.82) is 0 Å². The number of likely N-dealkylation sites (tertiary alicyclic amines) is 1. The molecule has 0 spiro atoms. The van der Waals surface area contributed by atoms with Crippen molar-refractivity contribution in [3.8, 4) is 0 Å². The first-order valence-corrected chi connectivity index (χ1v) is 8.71. The monoisotopic (exact) mass is 305 g/mol. The fourth-order valence-corrected chi connectivity index (χ4v) is 3.76. The number of carbonyl (C=O) groups is 1. The molecule has 0 aromatic carbocycles. The second kappa shape index (κ2) is 6.79. The topological polar surface area (TPSA) is 45.2 Å². The SMILES string of the molecule is CN1CCC(Sc2ccc(NC(=O)C3CCC3)cn2)CC1. The third-order valence-electron chi connectivity index (χ3n) is 4.43. The van der Waals surface area contributed by atoms with Crippen LogP contribution in [0, 0.1) is 5.92 Å². The number of carbonyl (C=O) groups excluding carboxylic acids is 1. The summed E-state index contributed by atoms with van der Waals surface area (Å²) in [5.74, 6) is 0.372. The molecule has 4 nitrogen and oxygen atoms in total. The predicted molar refractivity (Wildman–Crippen MR) is 86.6 cm³/mol. The summed E-state index contributed by atoms with van der Waals surface area (Å²) in [6, 6.07) is 4.00. The zero-order valence-corrected chi connectivity index (χ0v) is 13.4. The van der Waals surface area contributed by atoms with Crippen molar-refractivity contribution in [2.45, 2.75) is 42.4 Å². The van der Waals surface area contributed by atoms with Gasteiger partial charge in [0, 0.05) is 11.2 Å². The van der Waals surface area contributed by atoms with Gasteiger partial charge in [0.25, 0.3) is 0 Å². The number of anilines is 1. The van der Waals surface area contributed by atoms with Crippen molar-refractivity contribution in [3.63, 3.8) is 0 Å². The van der Waals surface area contributed by atoms with Crippen LogP contribution in [0.2, 0.25) is 0 Å². The van der Waals surface area contributed by atoms with Gasteiger partial charge < -0.3 is 10.2 Å². The van der Waals surface area contributed by atoms with Gasteiger partial charge in [0.1, 0.15) is 0 Å². The number of hydrogen-bond acceptors (Lipinski definition) is 4. The maximum atomic E-state index is 11.9. The highest BCUT2D eigenvalue weighted by Gasteiger charge is 2.25. The van der Waals surface area contributed by atoms with Gasteiger partial charge in [0.15, 0.2) is 0 Å². The van der Waals surface area contributed by atoms with E-state index in [0.717, 1.165) is 23.6 Å². The zero-order chi connectivity index (χ0) is 14.7. The number of amides is 1. The molecule has 1 aliphatic carbocycles. The van der Waals surface area contributed by atoms with Crippen LogP contribution in [0.25, 0.3) is 0 Å². The molecule has 1 aliphatic heterocycles. The minimum absolute atomic E-state index is 0.152. The van der Waals surface area contributed by atoms with E-state index in [0.29, 0.717) is 5.25 Å². The van der Waals surface area contributed by atoms with E-state index in [4.69, 9.17) is 0 Å². The van der Waals surface area contributed by atoms with E-state index >= 15 is 0 Å². The molecule has 0 atom stereocenters. The molecule has 1 saturated carbocycles. The third-order valence-corrected chi connectivity index (χ3v) is 5.72. The van der Waals surface area contributed by atoms with Crippen LogP contribution in [-0.2, 0) is 4.79 Å². The lowest BCUT2D eigenvalue weighted by atomic mass is 9.85. The van der Waals surface area contributed by atoms with E-state index in [1.54, 1.807) is 6.20 Å². The Hall–Kier alpha value is -1.07. The van der Waals surface area contributed by atoms with Crippen molar-refractivity contribution in [2.24, 2.45) is 5.92 Å². The van der Waals surface area contributed by atoms with E-state index in [-0.39, 0.29) is 11.8 Å². The largest absolute Gasteiger partial charge is 0.324 e. The van der Waals surface area contributed by atoms with Crippen LogP contribution < -0.4 is 5.32 Å². The van der Waals surface area contributed by atoms with Crippen LogP contribution in [0.1, 0.15) is 32.1 Å². The molecule has 0 bridgehead atoms. The summed E-state index contributed by atoms with van der Waals surface area (Å²) in [5.41, 5.74) is 0.819. The van der Waals surface area contributed by atoms with E-state index in [1.807, 2.05) is 23.9 Å². The first-order chi connectivity index (χ1) is 10.2. The number of nitrogens with zero attached hydrogens (tertiary/aromatic N) is 2. The maximum absolute atomic E-state index is 11.9. The fourth-order valence-electron chi connectivity index (χ4n) is 2.71. The van der Waals surface area contributed by atoms with Gasteiger partial charge in [-0.3, -0.25) is 4.79 Å². The average Bonchev–Trinajstić information content (AvgIpc) is 2.41. The number of aromatic nitrogens is 1. The van der Waals surface area contributed by atoms with Crippen molar-refractivity contribution in [2.75, 3.05) is 25.5 Å². The number of pyridine rings is 1. The highest BCUT2D eigenvalue weighted by molar-refractivity contribution is 7.99. The quantitative estimate of drug-likeness (QED) is 0.929. The first-order valence-electron chi connectivity index (χ1n) is 7.83. The number of hydrogen-bond donors (Lipinski definition) is 1. The van der Waals surface area contributed by atoms with Crippen LogP contribution in [0.3, 0.4) is 0 Å². The number of piperidine rings is 1. The molecule has 1 amide bonds. The number of nitrogens with one attached hydrogen (secondary N) is 1. The summed E-state index contributed by atoms with van der Waals surface area (Å²) in [6.07, 6.45) is 7.48. The van der Waals surface area contributed by atoms with Gasteiger partial charge in [-0.05, 0) is 58.0 Å². The molecule has 1 saturated heterocycles. The van der Waals surface area contributed by atoms with Gasteiger partial charge in [-0.25, -0.2) is 4.98 Å². The minimum atomic E-state index is 0.152. The molecule has 1 aromatic rings. The molecule has 114 valence electrons. The average molecular weight is 305 g/mol. The van der Waals surface area contributed by atoms with Crippen LogP contribution in [0.4, 0.5) is 5.69 Å². The van der Waals surface area contributed by atoms with Crippen LogP contribution in [0.5, 0.6) is 0 Å². The second-order valence-corrected chi connectivity index (χ2v) is 7.44. The predicted octanol–water partition coefficient (Wildman–Crippen LogP) is 3.01. The molecule has 2 aliphatic rings. The van der Waals surface area contributed by atoms with E-state index in [2.05, 4.69) is 22.2 Å². The third kappa shape index (κ3) is 3.98. The van der Waals surface area contributed by atoms with Gasteiger partial charge in [-0.2, -0.15) is 0 Å². The Kier molecular flexibility index (Phi) is 4.80. The van der Waals surface area contributed by atoms with Gasteiger partial charge in [0.05, 0.1) is 16.9 Å². The van der Waals surface area contributed by atoms with E-state index < -0.39 is 0 Å². The molecule has 0 radical (unpaired) electrons. The van der Waals surface area contributed by atoms with Gasteiger partial charge in [0.2, 0.25) is 5.91 Å². The minimum Gasteiger partial charge on any atom is -0.324 e. The molecule has 0 unspecified atom stereocenters. The van der Waals surface area contributed by atoms with Crippen molar-refractivity contribution < 1.29 is 4.79 Å². The van der Waals surface area contributed by atoms with E-state index in [1.165, 1.54) is 32.4 Å². The van der Waals surface area contributed by atoms with Crippen LogP contribution in [0.15, 0.2) is 23.4 Å². The lowest BCUT2D eigenvalue weighted by Crippen LogP contribution is -2.31. The molecule has 1 aromatic heterocycles. The fraction of sp³-hybridized carbons (Fsp3) is 0.625. The summed E-state index contributed by atoms with van der Waals surface area (Å²) in [5, 5.41) is 4.69. The summed E-state index contributed by atoms with van der Waals surface area (Å²) >= 11 is 1.87. The summed E-state index contributed by atoms with van der Waals surface area (Å²) in [4.78, 5) is 18.7. The first kappa shape index (κ1) is 14.9. The molecule has 2 fully saturated rings. The summed E-state index contributed by atoms with van der Waals surface area (Å²) < 4.78 is 0. The van der Waals surface area contributed by atoms with Crippen LogP contribution in [-0.4, -0.2) is 41.2 Å². The Morgan fingerprint density at radius 3 is 2.62 bits per heavy atom. The summed E-state index contributed by atoms with van der Waals surface area (Å²) in [7, 11) is 2.18.